The molecule has 2 fully saturated rings. The highest BCUT2D eigenvalue weighted by Gasteiger charge is 2.33. The second-order valence-electron chi connectivity index (χ2n) is 5.81. The standard InChI is InChI=1S/C13H25N3O/c1-3-13(2,14)12(17)16-8-6-15(7-9-16)10-11-4-5-11/h11H,3-10,14H2,1-2H3. The Morgan fingerprint density at radius 3 is 2.35 bits per heavy atom. The number of nitrogens with zero attached hydrogens (tertiary/aromatic N) is 2. The molecular formula is C13H25N3O. The molecular weight excluding hydrogens is 214 g/mol. The Morgan fingerprint density at radius 2 is 1.88 bits per heavy atom. The maximum Gasteiger partial charge on any atom is 0.242 e. The lowest BCUT2D eigenvalue weighted by molar-refractivity contribution is -0.138. The van der Waals surface area contributed by atoms with Crippen LogP contribution in [0.25, 0.3) is 0 Å². The second-order valence-corrected chi connectivity index (χ2v) is 5.81. The third-order valence-corrected chi connectivity index (χ3v) is 4.10. The average Bonchev–Trinajstić information content (AvgIpc) is 3.13. The molecule has 0 aromatic carbocycles. The summed E-state index contributed by atoms with van der Waals surface area (Å²) in [6, 6.07) is 0. The Balaban J connectivity index is 1.79. The lowest BCUT2D eigenvalue weighted by Crippen LogP contribution is -2.58. The number of amides is 1. The van der Waals surface area contributed by atoms with Gasteiger partial charge in [-0.15, -0.1) is 0 Å². The number of hydrogen-bond acceptors (Lipinski definition) is 3. The molecule has 0 spiro atoms. The van der Waals surface area contributed by atoms with Crippen molar-refractivity contribution in [1.82, 2.24) is 9.80 Å². The van der Waals surface area contributed by atoms with Crippen LogP contribution in [-0.4, -0.2) is 54.0 Å². The van der Waals surface area contributed by atoms with E-state index in [9.17, 15) is 4.79 Å². The molecule has 2 N–H and O–H groups in total. The summed E-state index contributed by atoms with van der Waals surface area (Å²) in [4.78, 5) is 16.6. The van der Waals surface area contributed by atoms with E-state index >= 15 is 0 Å². The molecule has 1 saturated carbocycles. The van der Waals surface area contributed by atoms with Gasteiger partial charge in [-0.1, -0.05) is 6.92 Å². The van der Waals surface area contributed by atoms with E-state index in [4.69, 9.17) is 5.73 Å². The van der Waals surface area contributed by atoms with E-state index in [1.54, 1.807) is 0 Å². The summed E-state index contributed by atoms with van der Waals surface area (Å²) in [6.07, 6.45) is 3.50. The SMILES string of the molecule is CCC(C)(N)C(=O)N1CCN(CC2CC2)CC1. The predicted octanol–water partition coefficient (Wildman–Crippen LogP) is 0.668. The van der Waals surface area contributed by atoms with Crippen molar-refractivity contribution < 1.29 is 4.79 Å². The Hall–Kier alpha value is -0.610. The second kappa shape index (κ2) is 4.94. The van der Waals surface area contributed by atoms with E-state index in [-0.39, 0.29) is 5.91 Å². The van der Waals surface area contributed by atoms with Crippen LogP contribution in [-0.2, 0) is 4.79 Å². The van der Waals surface area contributed by atoms with Crippen LogP contribution < -0.4 is 5.73 Å². The summed E-state index contributed by atoms with van der Waals surface area (Å²) in [5.74, 6) is 1.05. The van der Waals surface area contributed by atoms with Gasteiger partial charge in [0.1, 0.15) is 0 Å². The van der Waals surface area contributed by atoms with Crippen LogP contribution in [0.3, 0.4) is 0 Å². The molecule has 1 saturated heterocycles. The van der Waals surface area contributed by atoms with E-state index in [1.165, 1.54) is 19.4 Å². The van der Waals surface area contributed by atoms with E-state index in [0.29, 0.717) is 6.42 Å². The quantitative estimate of drug-likeness (QED) is 0.784. The maximum atomic E-state index is 12.2. The number of nitrogens with two attached hydrogens (primary N) is 1. The molecule has 98 valence electrons. The summed E-state index contributed by atoms with van der Waals surface area (Å²) in [7, 11) is 0. The molecule has 1 aliphatic heterocycles. The van der Waals surface area contributed by atoms with Crippen LogP contribution >= 0.6 is 0 Å². The number of hydrogen-bond donors (Lipinski definition) is 1. The van der Waals surface area contributed by atoms with Crippen molar-refractivity contribution in [2.45, 2.75) is 38.6 Å². The van der Waals surface area contributed by atoms with Gasteiger partial charge in [0.05, 0.1) is 5.54 Å². The van der Waals surface area contributed by atoms with Gasteiger partial charge in [-0.2, -0.15) is 0 Å². The van der Waals surface area contributed by atoms with E-state index in [2.05, 4.69) is 4.90 Å². The van der Waals surface area contributed by atoms with Crippen molar-refractivity contribution >= 4 is 5.91 Å². The molecule has 1 atom stereocenters. The van der Waals surface area contributed by atoms with Gasteiger partial charge < -0.3 is 10.6 Å². The van der Waals surface area contributed by atoms with Gasteiger partial charge in [-0.3, -0.25) is 9.69 Å². The summed E-state index contributed by atoms with van der Waals surface area (Å²) >= 11 is 0. The zero-order chi connectivity index (χ0) is 12.5. The highest BCUT2D eigenvalue weighted by molar-refractivity contribution is 5.85. The van der Waals surface area contributed by atoms with Crippen LogP contribution in [0.15, 0.2) is 0 Å². The molecule has 0 bridgehead atoms. The minimum absolute atomic E-state index is 0.117. The van der Waals surface area contributed by atoms with Gasteiger partial charge in [0.25, 0.3) is 0 Å². The summed E-state index contributed by atoms with van der Waals surface area (Å²) < 4.78 is 0. The van der Waals surface area contributed by atoms with Crippen LogP contribution in [0, 0.1) is 5.92 Å². The van der Waals surface area contributed by atoms with Gasteiger partial charge >= 0.3 is 0 Å². The first-order chi connectivity index (χ1) is 8.03. The summed E-state index contributed by atoms with van der Waals surface area (Å²) in [5.41, 5.74) is 5.33. The van der Waals surface area contributed by atoms with Crippen molar-refractivity contribution in [2.24, 2.45) is 11.7 Å². The summed E-state index contributed by atoms with van der Waals surface area (Å²) in [6.45, 7) is 8.77. The molecule has 2 aliphatic rings. The molecule has 1 amide bonds. The fourth-order valence-corrected chi connectivity index (χ4v) is 2.31. The summed E-state index contributed by atoms with van der Waals surface area (Å²) in [5, 5.41) is 0. The highest BCUT2D eigenvalue weighted by Crippen LogP contribution is 2.30. The van der Waals surface area contributed by atoms with E-state index in [0.717, 1.165) is 32.1 Å². The first kappa shape index (κ1) is 12.8. The van der Waals surface area contributed by atoms with E-state index in [1.807, 2.05) is 18.7 Å². The largest absolute Gasteiger partial charge is 0.339 e. The third kappa shape index (κ3) is 3.19. The normalized spacial score (nSPS) is 25.7. The van der Waals surface area contributed by atoms with Crippen LogP contribution in [0.5, 0.6) is 0 Å². The molecule has 0 aromatic heterocycles. The van der Waals surface area contributed by atoms with Crippen LogP contribution in [0.4, 0.5) is 0 Å². The molecule has 17 heavy (non-hydrogen) atoms. The molecule has 4 nitrogen and oxygen atoms in total. The van der Waals surface area contributed by atoms with E-state index < -0.39 is 5.54 Å². The monoisotopic (exact) mass is 239 g/mol. The predicted molar refractivity (Wildman–Crippen MR) is 68.6 cm³/mol. The van der Waals surface area contributed by atoms with Gasteiger partial charge in [-0.05, 0) is 32.1 Å². The Labute approximate surface area is 104 Å². The van der Waals surface area contributed by atoms with Gasteiger partial charge in [-0.25, -0.2) is 0 Å². The zero-order valence-corrected chi connectivity index (χ0v) is 11.1. The Morgan fingerprint density at radius 1 is 1.29 bits per heavy atom. The lowest BCUT2D eigenvalue weighted by Gasteiger charge is -2.38. The first-order valence-corrected chi connectivity index (χ1v) is 6.83. The minimum Gasteiger partial charge on any atom is -0.339 e. The lowest BCUT2D eigenvalue weighted by atomic mass is 9.98. The fourth-order valence-electron chi connectivity index (χ4n) is 2.31. The molecule has 1 aliphatic carbocycles. The molecule has 1 heterocycles. The molecule has 0 aromatic rings. The zero-order valence-electron chi connectivity index (χ0n) is 11.1. The molecule has 0 radical (unpaired) electrons. The third-order valence-electron chi connectivity index (χ3n) is 4.10. The highest BCUT2D eigenvalue weighted by atomic mass is 16.2. The number of rotatable bonds is 4. The molecule has 1 unspecified atom stereocenters. The topological polar surface area (TPSA) is 49.6 Å². The van der Waals surface area contributed by atoms with Crippen molar-refractivity contribution in [3.8, 4) is 0 Å². The number of carbonyl (C=O) groups is 1. The fraction of sp³-hybridized carbons (Fsp3) is 0.923. The minimum atomic E-state index is -0.682. The molecule has 2 rings (SSSR count). The average molecular weight is 239 g/mol. The number of piperazine rings is 1. The van der Waals surface area contributed by atoms with Crippen molar-refractivity contribution in [1.29, 1.82) is 0 Å². The van der Waals surface area contributed by atoms with Crippen molar-refractivity contribution in [2.75, 3.05) is 32.7 Å². The smallest absolute Gasteiger partial charge is 0.242 e. The Kier molecular flexibility index (Phi) is 3.73. The van der Waals surface area contributed by atoms with Crippen LogP contribution in [0.2, 0.25) is 0 Å². The van der Waals surface area contributed by atoms with Crippen molar-refractivity contribution in [3.63, 3.8) is 0 Å². The Bertz CT molecular complexity index is 278. The maximum absolute atomic E-state index is 12.2. The van der Waals surface area contributed by atoms with Crippen LogP contribution in [0.1, 0.15) is 33.1 Å². The molecule has 4 heteroatoms. The van der Waals surface area contributed by atoms with Crippen molar-refractivity contribution in [3.05, 3.63) is 0 Å². The first-order valence-electron chi connectivity index (χ1n) is 6.83. The van der Waals surface area contributed by atoms with Gasteiger partial charge in [0.2, 0.25) is 5.91 Å². The van der Waals surface area contributed by atoms with Gasteiger partial charge in [0.15, 0.2) is 0 Å². The number of carbonyl (C=O) groups excluding carboxylic acids is 1. The van der Waals surface area contributed by atoms with Gasteiger partial charge in [0, 0.05) is 32.7 Å².